The average Bonchev–Trinajstić information content (AvgIpc) is 2.69. The topological polar surface area (TPSA) is 90.3 Å². The third kappa shape index (κ3) is 4.98. The molecule has 138 valence electrons. The molecule has 27 heavy (non-hydrogen) atoms. The Morgan fingerprint density at radius 2 is 1.93 bits per heavy atom. The first-order valence-corrected chi connectivity index (χ1v) is 8.48. The lowest BCUT2D eigenvalue weighted by Gasteiger charge is -2.14. The largest absolute Gasteiger partial charge is 0.323 e. The van der Waals surface area contributed by atoms with Gasteiger partial charge in [-0.05, 0) is 25.5 Å². The van der Waals surface area contributed by atoms with Crippen molar-refractivity contribution in [3.05, 3.63) is 94.0 Å². The van der Waals surface area contributed by atoms with Crippen molar-refractivity contribution in [3.8, 4) is 0 Å². The Morgan fingerprint density at radius 3 is 2.56 bits per heavy atom. The lowest BCUT2D eigenvalue weighted by atomic mass is 9.95. The van der Waals surface area contributed by atoms with Crippen molar-refractivity contribution in [2.45, 2.75) is 20.4 Å². The van der Waals surface area contributed by atoms with E-state index in [1.807, 2.05) is 68.5 Å². The zero-order chi connectivity index (χ0) is 19.6. The Labute approximate surface area is 158 Å². The minimum Gasteiger partial charge on any atom is -0.323 e. The smallest absolute Gasteiger partial charge is 0.267 e. The molecule has 2 N–H and O–H groups in total. The Hall–Kier alpha value is -3.54. The van der Waals surface area contributed by atoms with Gasteiger partial charge in [0, 0.05) is 17.2 Å². The van der Waals surface area contributed by atoms with E-state index in [-0.39, 0.29) is 12.1 Å². The molecule has 0 saturated carbocycles. The molecule has 0 aliphatic carbocycles. The van der Waals surface area contributed by atoms with E-state index in [1.54, 1.807) is 6.07 Å². The zero-order valence-electron chi connectivity index (χ0n) is 15.4. The number of hydrazone groups is 1. The molecule has 6 nitrogen and oxygen atoms in total. The van der Waals surface area contributed by atoms with Gasteiger partial charge in [0.2, 0.25) is 0 Å². The average molecular weight is 362 g/mol. The summed E-state index contributed by atoms with van der Waals surface area (Å²) in [7, 11) is 0. The molecule has 0 unspecified atom stereocenters. The molecule has 0 atom stereocenters. The fraction of sp³-hybridized carbons (Fsp3) is 0.143. The minimum atomic E-state index is -0.349. The van der Waals surface area contributed by atoms with Crippen molar-refractivity contribution >= 4 is 17.6 Å². The van der Waals surface area contributed by atoms with Gasteiger partial charge >= 0.3 is 0 Å². The van der Waals surface area contributed by atoms with Crippen LogP contribution in [-0.4, -0.2) is 21.8 Å². The monoisotopic (exact) mass is 362 g/mol. The first-order chi connectivity index (χ1) is 13.1. The number of benzene rings is 1. The van der Waals surface area contributed by atoms with Crippen LogP contribution in [0.1, 0.15) is 25.1 Å². The summed E-state index contributed by atoms with van der Waals surface area (Å²) in [6.07, 6.45) is 8.27. The standard InChI is InChI=1S/C21H22N4O2/c1-3-4-6-9-16(2)20(21(23-22)17-10-7-5-8-11-17)18-12-13-19(27)25(24-18)14-15-26/h3-13,15H,14,22H2,1-2H3/b4-3-,9-6-,20-16+,23-21-. The highest BCUT2D eigenvalue weighted by Crippen LogP contribution is 2.23. The Bertz CT molecular complexity index is 967. The van der Waals surface area contributed by atoms with Crippen molar-refractivity contribution in [2.75, 3.05) is 0 Å². The van der Waals surface area contributed by atoms with Gasteiger partial charge in [-0.1, -0.05) is 54.6 Å². The summed E-state index contributed by atoms with van der Waals surface area (Å²) in [5.41, 5.74) is 3.07. The van der Waals surface area contributed by atoms with E-state index in [1.165, 1.54) is 6.07 Å². The van der Waals surface area contributed by atoms with Crippen LogP contribution in [0.25, 0.3) is 5.57 Å². The first kappa shape index (κ1) is 19.8. The number of nitrogens with zero attached hydrogens (tertiary/aromatic N) is 3. The molecule has 0 fully saturated rings. The van der Waals surface area contributed by atoms with Crippen LogP contribution < -0.4 is 11.4 Å². The van der Waals surface area contributed by atoms with Crippen LogP contribution in [-0.2, 0) is 11.3 Å². The normalized spacial score (nSPS) is 13.2. The maximum absolute atomic E-state index is 11.9. The minimum absolute atomic E-state index is 0.117. The van der Waals surface area contributed by atoms with Gasteiger partial charge in [0.05, 0.1) is 11.4 Å². The van der Waals surface area contributed by atoms with Gasteiger partial charge in [0.15, 0.2) is 0 Å². The number of carbonyl (C=O) groups is 1. The highest BCUT2D eigenvalue weighted by Gasteiger charge is 2.17. The van der Waals surface area contributed by atoms with E-state index in [0.29, 0.717) is 23.3 Å². The van der Waals surface area contributed by atoms with Gasteiger partial charge in [-0.15, -0.1) is 0 Å². The van der Waals surface area contributed by atoms with Crippen LogP contribution in [0.15, 0.2) is 82.2 Å². The first-order valence-electron chi connectivity index (χ1n) is 8.48. The number of rotatable bonds is 7. The third-order valence-corrected chi connectivity index (χ3v) is 3.83. The summed E-state index contributed by atoms with van der Waals surface area (Å²) in [5, 5.41) is 8.33. The summed E-state index contributed by atoms with van der Waals surface area (Å²) in [5.74, 6) is 5.73. The zero-order valence-corrected chi connectivity index (χ0v) is 15.4. The summed E-state index contributed by atoms with van der Waals surface area (Å²) in [6, 6.07) is 12.5. The third-order valence-electron chi connectivity index (χ3n) is 3.83. The molecule has 0 aliphatic rings. The molecule has 1 aromatic heterocycles. The van der Waals surface area contributed by atoms with Crippen LogP contribution in [0.2, 0.25) is 0 Å². The van der Waals surface area contributed by atoms with Gasteiger partial charge in [-0.25, -0.2) is 4.68 Å². The van der Waals surface area contributed by atoms with Gasteiger partial charge in [0.25, 0.3) is 5.56 Å². The van der Waals surface area contributed by atoms with Crippen molar-refractivity contribution in [1.29, 1.82) is 0 Å². The number of carbonyl (C=O) groups excluding carboxylic acids is 1. The summed E-state index contributed by atoms with van der Waals surface area (Å²) < 4.78 is 1.12. The van der Waals surface area contributed by atoms with Gasteiger partial charge in [-0.3, -0.25) is 4.79 Å². The number of hydrogen-bond donors (Lipinski definition) is 1. The maximum Gasteiger partial charge on any atom is 0.267 e. The van der Waals surface area contributed by atoms with E-state index in [4.69, 9.17) is 5.84 Å². The molecule has 1 aromatic carbocycles. The molecule has 2 aromatic rings. The fourth-order valence-electron chi connectivity index (χ4n) is 2.57. The molecule has 0 spiro atoms. The fourth-order valence-corrected chi connectivity index (χ4v) is 2.57. The van der Waals surface area contributed by atoms with Crippen LogP contribution in [0.3, 0.4) is 0 Å². The number of hydrogen-bond acceptors (Lipinski definition) is 5. The van der Waals surface area contributed by atoms with Crippen LogP contribution >= 0.6 is 0 Å². The van der Waals surface area contributed by atoms with E-state index >= 15 is 0 Å². The summed E-state index contributed by atoms with van der Waals surface area (Å²) in [4.78, 5) is 22.8. The second kappa shape index (κ2) is 9.82. The van der Waals surface area contributed by atoms with Gasteiger partial charge in [0.1, 0.15) is 12.8 Å². The summed E-state index contributed by atoms with van der Waals surface area (Å²) >= 11 is 0. The number of nitrogens with two attached hydrogens (primary N) is 1. The van der Waals surface area contributed by atoms with Crippen molar-refractivity contribution < 1.29 is 4.79 Å². The van der Waals surface area contributed by atoms with Crippen LogP contribution in [0, 0.1) is 0 Å². The summed E-state index contributed by atoms with van der Waals surface area (Å²) in [6.45, 7) is 3.73. The number of allylic oxidation sites excluding steroid dienone is 6. The number of aromatic nitrogens is 2. The highest BCUT2D eigenvalue weighted by molar-refractivity contribution is 6.32. The van der Waals surface area contributed by atoms with E-state index < -0.39 is 0 Å². The Balaban J connectivity index is 2.71. The molecule has 0 saturated heterocycles. The second-order valence-corrected chi connectivity index (χ2v) is 5.69. The Morgan fingerprint density at radius 1 is 1.19 bits per heavy atom. The molecule has 0 amide bonds. The lowest BCUT2D eigenvalue weighted by molar-refractivity contribution is -0.108. The molecular formula is C21H22N4O2. The van der Waals surface area contributed by atoms with E-state index in [2.05, 4.69) is 10.2 Å². The molecule has 0 bridgehead atoms. The molecular weight excluding hydrogens is 340 g/mol. The van der Waals surface area contributed by atoms with Gasteiger partial charge < -0.3 is 10.6 Å². The quantitative estimate of drug-likeness (QED) is 0.270. The maximum atomic E-state index is 11.9. The van der Waals surface area contributed by atoms with Crippen molar-refractivity contribution in [2.24, 2.45) is 10.9 Å². The van der Waals surface area contributed by atoms with E-state index in [9.17, 15) is 9.59 Å². The molecule has 6 heteroatoms. The highest BCUT2D eigenvalue weighted by atomic mass is 16.1. The van der Waals surface area contributed by atoms with Gasteiger partial charge in [-0.2, -0.15) is 10.2 Å². The molecule has 2 rings (SSSR count). The van der Waals surface area contributed by atoms with E-state index in [0.717, 1.165) is 15.8 Å². The molecule has 0 radical (unpaired) electrons. The van der Waals surface area contributed by atoms with Crippen LogP contribution in [0.4, 0.5) is 0 Å². The second-order valence-electron chi connectivity index (χ2n) is 5.69. The molecule has 1 heterocycles. The predicted octanol–water partition coefficient (Wildman–Crippen LogP) is 2.71. The lowest BCUT2D eigenvalue weighted by Crippen LogP contribution is -2.24. The van der Waals surface area contributed by atoms with Crippen LogP contribution in [0.5, 0.6) is 0 Å². The van der Waals surface area contributed by atoms with Crippen molar-refractivity contribution in [3.63, 3.8) is 0 Å². The number of aldehydes is 1. The Kier molecular flexibility index (Phi) is 7.19. The predicted molar refractivity (Wildman–Crippen MR) is 108 cm³/mol. The molecule has 0 aliphatic heterocycles. The van der Waals surface area contributed by atoms with Crippen molar-refractivity contribution in [1.82, 2.24) is 9.78 Å². The SMILES string of the molecule is C\C=C/C=C\C(C)=C(\C(=N/N)c1ccccc1)c1ccc(=O)n(CC=O)n1.